The molecule has 1 amide bonds. The number of nitrogens with one attached hydrogen (secondary N) is 1. The number of amides is 1. The lowest BCUT2D eigenvalue weighted by atomic mass is 9.89. The number of hydrogen-bond acceptors (Lipinski definition) is 2. The lowest BCUT2D eigenvalue weighted by molar-refractivity contribution is 0.0950. The molecule has 1 fully saturated rings. The van der Waals surface area contributed by atoms with Gasteiger partial charge >= 0.3 is 0 Å². The zero-order valence-corrected chi connectivity index (χ0v) is 10.4. The first-order chi connectivity index (χ1) is 8.66. The maximum Gasteiger partial charge on any atom is 0.274 e. The van der Waals surface area contributed by atoms with Crippen LogP contribution in [0.3, 0.4) is 0 Å². The van der Waals surface area contributed by atoms with Crippen molar-refractivity contribution in [1.82, 2.24) is 5.43 Å². The first-order valence-corrected chi connectivity index (χ1v) is 6.27. The maximum atomic E-state index is 13.4. The minimum Gasteiger partial charge on any atom is -0.267 e. The molecule has 0 heterocycles. The van der Waals surface area contributed by atoms with Crippen molar-refractivity contribution in [2.24, 2.45) is 11.0 Å². The van der Waals surface area contributed by atoms with Crippen LogP contribution in [0.5, 0.6) is 0 Å². The van der Waals surface area contributed by atoms with Crippen molar-refractivity contribution in [3.63, 3.8) is 0 Å². The Morgan fingerprint density at radius 3 is 2.94 bits per heavy atom. The van der Waals surface area contributed by atoms with Gasteiger partial charge in [0, 0.05) is 5.71 Å². The summed E-state index contributed by atoms with van der Waals surface area (Å²) in [7, 11) is 0. The summed E-state index contributed by atoms with van der Waals surface area (Å²) in [5.41, 5.74) is 3.47. The van der Waals surface area contributed by atoms with E-state index in [2.05, 4.69) is 17.5 Å². The molecular weight excluding hydrogens is 231 g/mol. The number of rotatable bonds is 2. The summed E-state index contributed by atoms with van der Waals surface area (Å²) in [5, 5.41) is 4.10. The fraction of sp³-hybridized carbons (Fsp3) is 0.429. The van der Waals surface area contributed by atoms with Crippen molar-refractivity contribution in [3.8, 4) is 0 Å². The van der Waals surface area contributed by atoms with Crippen LogP contribution in [-0.2, 0) is 0 Å². The lowest BCUT2D eigenvalue weighted by Gasteiger charge is -2.18. The number of benzene rings is 1. The summed E-state index contributed by atoms with van der Waals surface area (Å²) in [4.78, 5) is 11.7. The van der Waals surface area contributed by atoms with Crippen molar-refractivity contribution in [1.29, 1.82) is 0 Å². The molecule has 0 aliphatic heterocycles. The monoisotopic (exact) mass is 248 g/mol. The third-order valence-electron chi connectivity index (χ3n) is 3.18. The fourth-order valence-electron chi connectivity index (χ4n) is 2.20. The Morgan fingerprint density at radius 1 is 1.44 bits per heavy atom. The quantitative estimate of drug-likeness (QED) is 0.803. The molecule has 18 heavy (non-hydrogen) atoms. The third kappa shape index (κ3) is 3.15. The highest BCUT2D eigenvalue weighted by Gasteiger charge is 2.15. The highest BCUT2D eigenvalue weighted by atomic mass is 19.1. The molecule has 1 aromatic carbocycles. The Morgan fingerprint density at radius 2 is 2.22 bits per heavy atom. The van der Waals surface area contributed by atoms with Crippen LogP contribution in [0.4, 0.5) is 4.39 Å². The SMILES string of the molecule is C[C@@H]1CCC/C(=N/NC(=O)c2ccccc2F)C1. The van der Waals surface area contributed by atoms with E-state index in [0.717, 1.165) is 25.0 Å². The lowest BCUT2D eigenvalue weighted by Crippen LogP contribution is -2.23. The highest BCUT2D eigenvalue weighted by molar-refractivity contribution is 5.95. The average Bonchev–Trinajstić information content (AvgIpc) is 2.37. The second-order valence-electron chi connectivity index (χ2n) is 4.80. The molecular formula is C14H17FN2O. The third-order valence-corrected chi connectivity index (χ3v) is 3.18. The minimum absolute atomic E-state index is 0.0331. The van der Waals surface area contributed by atoms with E-state index in [1.807, 2.05) is 0 Å². The Hall–Kier alpha value is -1.71. The molecule has 1 aliphatic rings. The molecule has 1 aromatic rings. The van der Waals surface area contributed by atoms with Gasteiger partial charge in [0.05, 0.1) is 5.56 Å². The number of carbonyl (C=O) groups is 1. The molecule has 3 nitrogen and oxygen atoms in total. The van der Waals surface area contributed by atoms with Crippen LogP contribution < -0.4 is 5.43 Å². The van der Waals surface area contributed by atoms with E-state index < -0.39 is 11.7 Å². The van der Waals surface area contributed by atoms with Gasteiger partial charge in [0.15, 0.2) is 0 Å². The second-order valence-corrected chi connectivity index (χ2v) is 4.80. The predicted molar refractivity (Wildman–Crippen MR) is 68.9 cm³/mol. The van der Waals surface area contributed by atoms with E-state index in [9.17, 15) is 9.18 Å². The smallest absolute Gasteiger partial charge is 0.267 e. The summed E-state index contributed by atoms with van der Waals surface area (Å²) < 4.78 is 13.4. The van der Waals surface area contributed by atoms with Gasteiger partial charge in [-0.2, -0.15) is 5.10 Å². The molecule has 96 valence electrons. The van der Waals surface area contributed by atoms with Crippen molar-refractivity contribution >= 4 is 11.6 Å². The highest BCUT2D eigenvalue weighted by Crippen LogP contribution is 2.20. The number of halogens is 1. The van der Waals surface area contributed by atoms with Gasteiger partial charge in [0.25, 0.3) is 5.91 Å². The summed E-state index contributed by atoms with van der Waals surface area (Å²) >= 11 is 0. The Kier molecular flexibility index (Phi) is 4.07. The molecule has 0 bridgehead atoms. The minimum atomic E-state index is -0.521. The molecule has 1 atom stereocenters. The normalized spacial score (nSPS) is 21.9. The number of hydrazone groups is 1. The van der Waals surface area contributed by atoms with E-state index in [-0.39, 0.29) is 5.56 Å². The Labute approximate surface area is 106 Å². The predicted octanol–water partition coefficient (Wildman–Crippen LogP) is 3.12. The first-order valence-electron chi connectivity index (χ1n) is 6.27. The van der Waals surface area contributed by atoms with Gasteiger partial charge in [-0.25, -0.2) is 9.82 Å². The van der Waals surface area contributed by atoms with Gasteiger partial charge in [-0.05, 0) is 43.7 Å². The Balaban J connectivity index is 2.00. The van der Waals surface area contributed by atoms with E-state index in [0.29, 0.717) is 5.92 Å². The molecule has 1 N–H and O–H groups in total. The van der Waals surface area contributed by atoms with E-state index in [1.165, 1.54) is 18.6 Å². The van der Waals surface area contributed by atoms with E-state index >= 15 is 0 Å². The molecule has 0 radical (unpaired) electrons. The standard InChI is InChI=1S/C14H17FN2O/c1-10-5-4-6-11(9-10)16-17-14(18)12-7-2-3-8-13(12)15/h2-3,7-8,10H,4-6,9H2,1H3,(H,17,18)/b16-11-/t10-/m1/s1. The molecule has 0 aromatic heterocycles. The number of nitrogens with zero attached hydrogens (tertiary/aromatic N) is 1. The van der Waals surface area contributed by atoms with Crippen LogP contribution in [0.25, 0.3) is 0 Å². The fourth-order valence-corrected chi connectivity index (χ4v) is 2.20. The largest absolute Gasteiger partial charge is 0.274 e. The van der Waals surface area contributed by atoms with Crippen LogP contribution in [0, 0.1) is 11.7 Å². The molecule has 1 aliphatic carbocycles. The van der Waals surface area contributed by atoms with Crippen LogP contribution in [0.1, 0.15) is 43.0 Å². The van der Waals surface area contributed by atoms with Crippen molar-refractivity contribution in [2.75, 3.05) is 0 Å². The zero-order valence-electron chi connectivity index (χ0n) is 10.4. The van der Waals surface area contributed by atoms with Crippen molar-refractivity contribution in [2.45, 2.75) is 32.6 Å². The molecule has 0 unspecified atom stereocenters. The van der Waals surface area contributed by atoms with Gasteiger partial charge in [0.2, 0.25) is 0 Å². The van der Waals surface area contributed by atoms with E-state index in [1.54, 1.807) is 12.1 Å². The molecule has 0 saturated heterocycles. The molecule has 1 saturated carbocycles. The number of hydrogen-bond donors (Lipinski definition) is 1. The van der Waals surface area contributed by atoms with Crippen molar-refractivity contribution < 1.29 is 9.18 Å². The van der Waals surface area contributed by atoms with Gasteiger partial charge in [-0.15, -0.1) is 0 Å². The van der Waals surface area contributed by atoms with Gasteiger partial charge in [-0.3, -0.25) is 4.79 Å². The summed E-state index contributed by atoms with van der Waals surface area (Å²) in [6.45, 7) is 2.17. The zero-order chi connectivity index (χ0) is 13.0. The molecule has 0 spiro atoms. The topological polar surface area (TPSA) is 41.5 Å². The van der Waals surface area contributed by atoms with Gasteiger partial charge in [0.1, 0.15) is 5.82 Å². The summed E-state index contributed by atoms with van der Waals surface area (Å²) in [5.74, 6) is -0.395. The molecule has 2 rings (SSSR count). The van der Waals surface area contributed by atoms with Crippen LogP contribution in [-0.4, -0.2) is 11.6 Å². The van der Waals surface area contributed by atoms with Crippen LogP contribution in [0.2, 0.25) is 0 Å². The summed E-state index contributed by atoms with van der Waals surface area (Å²) in [6, 6.07) is 5.91. The van der Waals surface area contributed by atoms with Crippen molar-refractivity contribution in [3.05, 3.63) is 35.6 Å². The maximum absolute atomic E-state index is 13.4. The van der Waals surface area contributed by atoms with Gasteiger partial charge in [-0.1, -0.05) is 19.1 Å². The Bertz CT molecular complexity index is 471. The first kappa shape index (κ1) is 12.7. The van der Waals surface area contributed by atoms with Crippen LogP contribution in [0.15, 0.2) is 29.4 Å². The molecule has 4 heteroatoms. The summed E-state index contributed by atoms with van der Waals surface area (Å²) in [6.07, 6.45) is 4.15. The second kappa shape index (κ2) is 5.76. The average molecular weight is 248 g/mol. The number of carbonyl (C=O) groups excluding carboxylic acids is 1. The van der Waals surface area contributed by atoms with Crippen LogP contribution >= 0.6 is 0 Å². The van der Waals surface area contributed by atoms with E-state index in [4.69, 9.17) is 0 Å². The van der Waals surface area contributed by atoms with Gasteiger partial charge < -0.3 is 0 Å².